The molecule has 0 saturated carbocycles. The largest absolute Gasteiger partial charge is 0.485 e. The predicted octanol–water partition coefficient (Wildman–Crippen LogP) is 2.35. The second-order valence-electron chi connectivity index (χ2n) is 6.00. The first-order chi connectivity index (χ1) is 10.9. The van der Waals surface area contributed by atoms with E-state index < -0.39 is 17.7 Å². The molecule has 1 aliphatic rings. The van der Waals surface area contributed by atoms with Crippen molar-refractivity contribution in [2.45, 2.75) is 45.4 Å². The first-order valence-electron chi connectivity index (χ1n) is 7.46. The van der Waals surface area contributed by atoms with Gasteiger partial charge in [-0.1, -0.05) is 0 Å². The van der Waals surface area contributed by atoms with Gasteiger partial charge in [0.15, 0.2) is 0 Å². The number of aliphatic imine (C=N–C) groups is 1. The van der Waals surface area contributed by atoms with Crippen molar-refractivity contribution in [2.75, 3.05) is 6.54 Å². The van der Waals surface area contributed by atoms with Gasteiger partial charge in [0, 0.05) is 12.1 Å². The van der Waals surface area contributed by atoms with Crippen molar-refractivity contribution < 1.29 is 9.84 Å². The van der Waals surface area contributed by atoms with Crippen LogP contribution >= 0.6 is 0 Å². The molecule has 0 aliphatic carbocycles. The van der Waals surface area contributed by atoms with Crippen LogP contribution in [-0.2, 0) is 0 Å². The fraction of sp³-hybridized carbons (Fsp3) is 0.471. The normalized spacial score (nSPS) is 22.3. The Morgan fingerprint density at radius 2 is 2.13 bits per heavy atom. The molecule has 0 amide bonds. The van der Waals surface area contributed by atoms with E-state index in [9.17, 15) is 5.11 Å². The minimum atomic E-state index is -0.840. The Labute approximate surface area is 136 Å². The van der Waals surface area contributed by atoms with Gasteiger partial charge < -0.3 is 14.7 Å². The van der Waals surface area contributed by atoms with Gasteiger partial charge in [-0.2, -0.15) is 15.5 Å². The summed E-state index contributed by atoms with van der Waals surface area (Å²) < 4.78 is 5.90. The summed E-state index contributed by atoms with van der Waals surface area (Å²) in [4.78, 5) is 5.66. The molecular weight excluding hydrogens is 292 g/mol. The highest BCUT2D eigenvalue weighted by Crippen LogP contribution is 2.43. The first-order valence-corrected chi connectivity index (χ1v) is 7.46. The predicted molar refractivity (Wildman–Crippen MR) is 85.7 cm³/mol. The molecule has 6 heteroatoms. The number of benzene rings is 1. The van der Waals surface area contributed by atoms with E-state index in [0.29, 0.717) is 23.7 Å². The van der Waals surface area contributed by atoms with Crippen LogP contribution in [0.15, 0.2) is 23.2 Å². The van der Waals surface area contributed by atoms with Crippen LogP contribution in [0.2, 0.25) is 0 Å². The van der Waals surface area contributed by atoms with Crippen LogP contribution in [-0.4, -0.2) is 34.1 Å². The summed E-state index contributed by atoms with van der Waals surface area (Å²) in [7, 11) is 0. The smallest absolute Gasteiger partial charge is 0.207 e. The molecule has 120 valence electrons. The van der Waals surface area contributed by atoms with Crippen LogP contribution in [0.1, 0.15) is 44.9 Å². The Morgan fingerprint density at radius 3 is 2.70 bits per heavy atom. The van der Waals surface area contributed by atoms with E-state index >= 15 is 0 Å². The van der Waals surface area contributed by atoms with Gasteiger partial charge >= 0.3 is 0 Å². The maximum absolute atomic E-state index is 10.8. The van der Waals surface area contributed by atoms with Crippen LogP contribution < -0.4 is 4.74 Å². The molecule has 0 radical (unpaired) electrons. The number of fused-ring (bicyclic) bond motifs is 1. The molecular formula is C17H20N4O2. The summed E-state index contributed by atoms with van der Waals surface area (Å²) in [5, 5.41) is 28.8. The van der Waals surface area contributed by atoms with Crippen LogP contribution in [0.5, 0.6) is 5.75 Å². The lowest BCUT2D eigenvalue weighted by atomic mass is 9.85. The summed E-state index contributed by atoms with van der Waals surface area (Å²) in [6.45, 7) is 7.85. The van der Waals surface area contributed by atoms with E-state index in [1.807, 2.05) is 25.7 Å². The minimum absolute atomic E-state index is 0.441. The highest BCUT2D eigenvalue weighted by molar-refractivity contribution is 5.81. The van der Waals surface area contributed by atoms with Crippen molar-refractivity contribution in [3.8, 4) is 18.0 Å². The van der Waals surface area contributed by atoms with Gasteiger partial charge in [0.25, 0.3) is 0 Å². The SMILES string of the molecule is CCN(C(C)=NC#N)C1c2cc(C#N)ccc2OC(C)(C)C1O. The van der Waals surface area contributed by atoms with Crippen LogP contribution in [0.3, 0.4) is 0 Å². The number of aliphatic hydroxyl groups is 1. The van der Waals surface area contributed by atoms with Gasteiger partial charge in [-0.15, -0.1) is 0 Å². The van der Waals surface area contributed by atoms with Crippen molar-refractivity contribution in [2.24, 2.45) is 4.99 Å². The molecule has 1 aromatic rings. The third-order valence-electron chi connectivity index (χ3n) is 4.15. The molecule has 2 unspecified atom stereocenters. The highest BCUT2D eigenvalue weighted by atomic mass is 16.5. The number of ether oxygens (including phenoxy) is 1. The lowest BCUT2D eigenvalue weighted by molar-refractivity contribution is -0.0810. The van der Waals surface area contributed by atoms with Crippen molar-refractivity contribution in [1.82, 2.24) is 4.90 Å². The number of rotatable bonds is 2. The van der Waals surface area contributed by atoms with Gasteiger partial charge in [0.05, 0.1) is 17.7 Å². The molecule has 6 nitrogen and oxygen atoms in total. The second kappa shape index (κ2) is 6.28. The molecule has 1 N–H and O–H groups in total. The minimum Gasteiger partial charge on any atom is -0.485 e. The summed E-state index contributed by atoms with van der Waals surface area (Å²) >= 11 is 0. The van der Waals surface area contributed by atoms with Crippen molar-refractivity contribution in [3.05, 3.63) is 29.3 Å². The average Bonchev–Trinajstić information content (AvgIpc) is 2.51. The number of nitrogens with zero attached hydrogens (tertiary/aromatic N) is 4. The first kappa shape index (κ1) is 16.8. The van der Waals surface area contributed by atoms with Crippen LogP contribution in [0.4, 0.5) is 0 Å². The van der Waals surface area contributed by atoms with Crippen molar-refractivity contribution in [1.29, 1.82) is 10.5 Å². The fourth-order valence-corrected chi connectivity index (χ4v) is 2.94. The molecule has 1 aromatic carbocycles. The molecule has 23 heavy (non-hydrogen) atoms. The molecule has 0 fully saturated rings. The molecule has 1 aliphatic heterocycles. The lowest BCUT2D eigenvalue weighted by Crippen LogP contribution is -2.54. The second-order valence-corrected chi connectivity index (χ2v) is 6.00. The molecule has 0 bridgehead atoms. The Hall–Kier alpha value is -2.57. The molecule has 2 rings (SSSR count). The number of hydrogen-bond acceptors (Lipinski definition) is 5. The Morgan fingerprint density at radius 1 is 1.43 bits per heavy atom. The maximum atomic E-state index is 10.8. The third kappa shape index (κ3) is 2.99. The highest BCUT2D eigenvalue weighted by Gasteiger charge is 2.45. The number of nitriles is 2. The maximum Gasteiger partial charge on any atom is 0.207 e. The lowest BCUT2D eigenvalue weighted by Gasteiger charge is -2.46. The third-order valence-corrected chi connectivity index (χ3v) is 4.15. The van der Waals surface area contributed by atoms with Gasteiger partial charge in [0.2, 0.25) is 6.19 Å². The van der Waals surface area contributed by atoms with Gasteiger partial charge in [0.1, 0.15) is 23.3 Å². The number of aliphatic hydroxyl groups excluding tert-OH is 1. The molecule has 2 atom stereocenters. The number of likely N-dealkylation sites (N-methyl/N-ethyl adjacent to an activating group) is 1. The monoisotopic (exact) mass is 312 g/mol. The summed E-state index contributed by atoms with van der Waals surface area (Å²) in [5.41, 5.74) is 0.423. The zero-order valence-electron chi connectivity index (χ0n) is 13.7. The number of hydrogen-bond donors (Lipinski definition) is 1. The van der Waals surface area contributed by atoms with E-state index in [0.717, 1.165) is 5.56 Å². The zero-order chi connectivity index (χ0) is 17.2. The topological polar surface area (TPSA) is 92.6 Å². The summed E-state index contributed by atoms with van der Waals surface area (Å²) in [5.74, 6) is 1.15. The fourth-order valence-electron chi connectivity index (χ4n) is 2.94. The van der Waals surface area contributed by atoms with E-state index in [2.05, 4.69) is 11.1 Å². The van der Waals surface area contributed by atoms with Gasteiger partial charge in [-0.3, -0.25) is 0 Å². The van der Waals surface area contributed by atoms with Crippen LogP contribution in [0.25, 0.3) is 0 Å². The standard InChI is InChI=1S/C17H20N4O2/c1-5-21(11(2)20-10-19)15-13-8-12(9-18)6-7-14(13)23-17(3,4)16(15)22/h6-8,15-16,22H,5H2,1-4H3. The average molecular weight is 312 g/mol. The van der Waals surface area contributed by atoms with Crippen molar-refractivity contribution >= 4 is 5.84 Å². The van der Waals surface area contributed by atoms with Crippen molar-refractivity contribution in [3.63, 3.8) is 0 Å². The molecule has 0 saturated heterocycles. The van der Waals surface area contributed by atoms with E-state index in [1.54, 1.807) is 31.3 Å². The van der Waals surface area contributed by atoms with Gasteiger partial charge in [-0.05, 0) is 45.9 Å². The van der Waals surface area contributed by atoms with Gasteiger partial charge in [-0.25, -0.2) is 0 Å². The van der Waals surface area contributed by atoms with E-state index in [1.165, 1.54) is 0 Å². The van der Waals surface area contributed by atoms with E-state index in [4.69, 9.17) is 15.3 Å². The van der Waals surface area contributed by atoms with E-state index in [-0.39, 0.29) is 0 Å². The molecule has 1 heterocycles. The zero-order valence-corrected chi connectivity index (χ0v) is 13.7. The summed E-state index contributed by atoms with van der Waals surface area (Å²) in [6.07, 6.45) is 0.944. The molecule has 0 aromatic heterocycles. The Balaban J connectivity index is 2.63. The van der Waals surface area contributed by atoms with Crippen LogP contribution in [0, 0.1) is 22.8 Å². The number of amidine groups is 1. The summed E-state index contributed by atoms with van der Waals surface area (Å²) in [6, 6.07) is 6.83. The Bertz CT molecular complexity index is 712. The quantitative estimate of drug-likeness (QED) is 0.514. The Kier molecular flexibility index (Phi) is 4.58. The molecule has 0 spiro atoms.